The van der Waals surface area contributed by atoms with E-state index in [9.17, 15) is 9.59 Å². The van der Waals surface area contributed by atoms with Crippen LogP contribution in [-0.4, -0.2) is 47.6 Å². The highest BCUT2D eigenvalue weighted by molar-refractivity contribution is 5.98. The molecule has 6 heteroatoms. The molecule has 1 saturated carbocycles. The summed E-state index contributed by atoms with van der Waals surface area (Å²) in [6.07, 6.45) is 3.07. The zero-order valence-electron chi connectivity index (χ0n) is 16.0. The first kappa shape index (κ1) is 17.9. The largest absolute Gasteiger partial charge is 0.450 e. The summed E-state index contributed by atoms with van der Waals surface area (Å²) >= 11 is 0. The molecule has 144 valence electrons. The molecule has 0 spiro atoms. The van der Waals surface area contributed by atoms with Crippen molar-refractivity contribution in [1.82, 2.24) is 15.2 Å². The molecule has 2 aliphatic rings. The van der Waals surface area contributed by atoms with Crippen LogP contribution in [0.4, 0.5) is 4.79 Å². The van der Waals surface area contributed by atoms with Crippen LogP contribution in [0.2, 0.25) is 0 Å². The first-order chi connectivity index (χ1) is 13.0. The second-order valence-corrected chi connectivity index (χ2v) is 7.69. The lowest BCUT2D eigenvalue weighted by molar-refractivity contribution is -0.124. The second kappa shape index (κ2) is 6.91. The van der Waals surface area contributed by atoms with Crippen molar-refractivity contribution in [3.05, 3.63) is 35.5 Å². The van der Waals surface area contributed by atoms with Gasteiger partial charge >= 0.3 is 6.09 Å². The minimum Gasteiger partial charge on any atom is -0.450 e. The monoisotopic (exact) mass is 369 g/mol. The SMILES string of the molecule is CCOC(=O)N1CCC(NC(=O)C2(c3c(C)[nH]c4ccccc34)CC2)CC1. The molecule has 0 atom stereocenters. The minimum absolute atomic E-state index is 0.117. The Morgan fingerprint density at radius 3 is 2.63 bits per heavy atom. The van der Waals surface area contributed by atoms with Crippen molar-refractivity contribution >= 4 is 22.9 Å². The standard InChI is InChI=1S/C21H27N3O3/c1-3-27-20(26)24-12-8-15(9-13-24)23-19(25)21(10-11-21)18-14(2)22-17-7-5-4-6-16(17)18/h4-7,15,22H,3,8-13H2,1-2H3,(H,23,25). The number of rotatable bonds is 4. The number of aromatic amines is 1. The average molecular weight is 369 g/mol. The summed E-state index contributed by atoms with van der Waals surface area (Å²) < 4.78 is 5.06. The normalized spacial score (nSPS) is 19.1. The summed E-state index contributed by atoms with van der Waals surface area (Å²) in [4.78, 5) is 30.2. The van der Waals surface area contributed by atoms with Crippen LogP contribution in [0.25, 0.3) is 10.9 Å². The van der Waals surface area contributed by atoms with Gasteiger partial charge in [-0.2, -0.15) is 0 Å². The van der Waals surface area contributed by atoms with Crippen molar-refractivity contribution in [3.63, 3.8) is 0 Å². The van der Waals surface area contributed by atoms with Gasteiger partial charge in [-0.3, -0.25) is 4.79 Å². The summed E-state index contributed by atoms with van der Waals surface area (Å²) in [5.74, 6) is 0.130. The van der Waals surface area contributed by atoms with Crippen LogP contribution in [0.5, 0.6) is 0 Å². The van der Waals surface area contributed by atoms with Crippen molar-refractivity contribution in [2.24, 2.45) is 0 Å². The van der Waals surface area contributed by atoms with Crippen LogP contribution in [0.3, 0.4) is 0 Å². The number of aromatic nitrogens is 1. The van der Waals surface area contributed by atoms with Crippen molar-refractivity contribution in [2.45, 2.75) is 51.0 Å². The maximum absolute atomic E-state index is 13.2. The third-order valence-electron chi connectivity index (χ3n) is 5.91. The van der Waals surface area contributed by atoms with Gasteiger partial charge in [0.2, 0.25) is 5.91 Å². The number of para-hydroxylation sites is 1. The smallest absolute Gasteiger partial charge is 0.409 e. The van der Waals surface area contributed by atoms with E-state index in [0.29, 0.717) is 19.7 Å². The number of benzene rings is 1. The molecular weight excluding hydrogens is 342 g/mol. The number of carbonyl (C=O) groups excluding carboxylic acids is 2. The van der Waals surface area contributed by atoms with E-state index in [-0.39, 0.29) is 18.0 Å². The Morgan fingerprint density at radius 1 is 1.26 bits per heavy atom. The second-order valence-electron chi connectivity index (χ2n) is 7.69. The van der Waals surface area contributed by atoms with Crippen LogP contribution in [0.1, 0.15) is 43.9 Å². The zero-order valence-corrected chi connectivity index (χ0v) is 16.0. The number of amides is 2. The fourth-order valence-corrected chi connectivity index (χ4v) is 4.35. The molecule has 2 aromatic rings. The first-order valence-electron chi connectivity index (χ1n) is 9.85. The summed E-state index contributed by atoms with van der Waals surface area (Å²) in [6.45, 7) is 5.51. The lowest BCUT2D eigenvalue weighted by Gasteiger charge is -2.32. The molecule has 0 unspecified atom stereocenters. The van der Waals surface area contributed by atoms with Gasteiger partial charge < -0.3 is 19.9 Å². The molecule has 6 nitrogen and oxygen atoms in total. The Labute approximate surface area is 159 Å². The quantitative estimate of drug-likeness (QED) is 0.869. The third kappa shape index (κ3) is 3.17. The molecule has 1 aliphatic heterocycles. The van der Waals surface area contributed by atoms with Crippen molar-refractivity contribution < 1.29 is 14.3 Å². The Hall–Kier alpha value is -2.50. The number of ether oxygens (including phenoxy) is 1. The fourth-order valence-electron chi connectivity index (χ4n) is 4.35. The summed E-state index contributed by atoms with van der Waals surface area (Å²) in [7, 11) is 0. The molecule has 1 aromatic carbocycles. The van der Waals surface area contributed by atoms with Gasteiger partial charge in [-0.25, -0.2) is 4.79 Å². The van der Waals surface area contributed by atoms with Crippen molar-refractivity contribution in [1.29, 1.82) is 0 Å². The molecule has 1 aromatic heterocycles. The Bertz CT molecular complexity index is 861. The highest BCUT2D eigenvalue weighted by atomic mass is 16.6. The van der Waals surface area contributed by atoms with Crippen LogP contribution < -0.4 is 5.32 Å². The number of piperidine rings is 1. The van der Waals surface area contributed by atoms with Crippen LogP contribution in [0, 0.1) is 6.92 Å². The number of nitrogens with zero attached hydrogens (tertiary/aromatic N) is 1. The molecule has 1 aliphatic carbocycles. The van der Waals surface area contributed by atoms with E-state index < -0.39 is 5.41 Å². The van der Waals surface area contributed by atoms with E-state index in [2.05, 4.69) is 29.4 Å². The highest BCUT2D eigenvalue weighted by Crippen LogP contribution is 2.52. The van der Waals surface area contributed by atoms with Gasteiger partial charge in [0, 0.05) is 35.7 Å². The number of hydrogen-bond acceptors (Lipinski definition) is 3. The van der Waals surface area contributed by atoms with E-state index in [1.54, 1.807) is 4.90 Å². The summed E-state index contributed by atoms with van der Waals surface area (Å²) in [6, 6.07) is 8.31. The number of nitrogens with one attached hydrogen (secondary N) is 2. The molecule has 2 N–H and O–H groups in total. The average Bonchev–Trinajstić information content (AvgIpc) is 3.39. The number of likely N-dealkylation sites (tertiary alicyclic amines) is 1. The lowest BCUT2D eigenvalue weighted by Crippen LogP contribution is -2.49. The minimum atomic E-state index is -0.401. The Kier molecular flexibility index (Phi) is 4.58. The van der Waals surface area contributed by atoms with Crippen molar-refractivity contribution in [3.8, 4) is 0 Å². The number of carbonyl (C=O) groups is 2. The van der Waals surface area contributed by atoms with E-state index in [4.69, 9.17) is 4.74 Å². The Morgan fingerprint density at radius 2 is 1.96 bits per heavy atom. The summed E-state index contributed by atoms with van der Waals surface area (Å²) in [5, 5.41) is 4.41. The topological polar surface area (TPSA) is 74.4 Å². The molecular formula is C21H27N3O3. The molecule has 1 saturated heterocycles. The molecule has 2 amide bonds. The predicted molar refractivity (Wildman–Crippen MR) is 104 cm³/mol. The fraction of sp³-hybridized carbons (Fsp3) is 0.524. The predicted octanol–water partition coefficient (Wildman–Crippen LogP) is 3.25. The highest BCUT2D eigenvalue weighted by Gasteiger charge is 2.53. The molecule has 2 fully saturated rings. The number of fused-ring (bicyclic) bond motifs is 1. The zero-order chi connectivity index (χ0) is 19.0. The van der Waals surface area contributed by atoms with Gasteiger partial charge in [0.05, 0.1) is 12.0 Å². The third-order valence-corrected chi connectivity index (χ3v) is 5.91. The summed E-state index contributed by atoms with van der Waals surface area (Å²) in [5.41, 5.74) is 2.93. The van der Waals surface area contributed by atoms with Crippen LogP contribution in [0.15, 0.2) is 24.3 Å². The van der Waals surface area contributed by atoms with Crippen LogP contribution in [-0.2, 0) is 14.9 Å². The van der Waals surface area contributed by atoms with Gasteiger partial charge in [-0.1, -0.05) is 18.2 Å². The van der Waals surface area contributed by atoms with Gasteiger partial charge in [-0.15, -0.1) is 0 Å². The van der Waals surface area contributed by atoms with Crippen LogP contribution >= 0.6 is 0 Å². The van der Waals surface area contributed by atoms with E-state index in [1.807, 2.05) is 19.1 Å². The molecule has 27 heavy (non-hydrogen) atoms. The van der Waals surface area contributed by atoms with E-state index in [0.717, 1.165) is 47.8 Å². The van der Waals surface area contributed by atoms with E-state index in [1.165, 1.54) is 0 Å². The molecule has 4 rings (SSSR count). The lowest BCUT2D eigenvalue weighted by atomic mass is 9.91. The first-order valence-corrected chi connectivity index (χ1v) is 9.85. The molecule has 0 bridgehead atoms. The Balaban J connectivity index is 1.45. The molecule has 0 radical (unpaired) electrons. The number of hydrogen-bond donors (Lipinski definition) is 2. The van der Waals surface area contributed by atoms with Crippen molar-refractivity contribution in [2.75, 3.05) is 19.7 Å². The van der Waals surface area contributed by atoms with Gasteiger partial charge in [0.25, 0.3) is 0 Å². The van der Waals surface area contributed by atoms with E-state index >= 15 is 0 Å². The van der Waals surface area contributed by atoms with Gasteiger partial charge in [-0.05, 0) is 51.2 Å². The number of H-pyrrole nitrogens is 1. The molecule has 2 heterocycles. The number of aryl methyl sites for hydroxylation is 1. The maximum Gasteiger partial charge on any atom is 0.409 e. The maximum atomic E-state index is 13.2. The van der Waals surface area contributed by atoms with Gasteiger partial charge in [0.1, 0.15) is 0 Å². The van der Waals surface area contributed by atoms with Gasteiger partial charge in [0.15, 0.2) is 0 Å².